The van der Waals surface area contributed by atoms with Crippen LogP contribution in [0.15, 0.2) is 39.9 Å². The first-order valence-electron chi connectivity index (χ1n) is 10.9. The first kappa shape index (κ1) is 22.9. The summed E-state index contributed by atoms with van der Waals surface area (Å²) >= 11 is 1.24. The zero-order valence-electron chi connectivity index (χ0n) is 18.5. The molecule has 2 saturated heterocycles. The topological polar surface area (TPSA) is 86.8 Å². The van der Waals surface area contributed by atoms with Crippen LogP contribution in [0.25, 0.3) is 0 Å². The first-order valence-corrected chi connectivity index (χ1v) is 13.2. The third-order valence-electron chi connectivity index (χ3n) is 6.83. The maximum Gasteiger partial charge on any atom is 0.252 e. The molecule has 0 radical (unpaired) electrons. The summed E-state index contributed by atoms with van der Waals surface area (Å²) in [6.45, 7) is 6.15. The predicted octanol–water partition coefficient (Wildman–Crippen LogP) is 2.80. The quantitative estimate of drug-likeness (QED) is 0.721. The molecule has 2 amide bonds. The highest BCUT2D eigenvalue weighted by atomic mass is 32.2. The highest BCUT2D eigenvalue weighted by molar-refractivity contribution is 7.91. The van der Waals surface area contributed by atoms with Crippen molar-refractivity contribution in [1.82, 2.24) is 14.5 Å². The van der Waals surface area contributed by atoms with Crippen molar-refractivity contribution in [2.75, 3.05) is 32.7 Å². The number of aryl methyl sites for hydroxylation is 2. The van der Waals surface area contributed by atoms with E-state index in [0.29, 0.717) is 36.0 Å². The molecule has 0 atom stereocenters. The minimum atomic E-state index is -3.42. The van der Waals surface area contributed by atoms with E-state index in [-0.39, 0.29) is 23.8 Å². The fourth-order valence-corrected chi connectivity index (χ4v) is 7.13. The summed E-state index contributed by atoms with van der Waals surface area (Å²) in [5.74, 6) is -0.338. The van der Waals surface area contributed by atoms with Crippen LogP contribution in [0, 0.1) is 19.3 Å². The summed E-state index contributed by atoms with van der Waals surface area (Å²) in [7, 11) is -3.42. The average molecular weight is 476 g/mol. The summed E-state index contributed by atoms with van der Waals surface area (Å²) in [6, 6.07) is 8.90. The second-order valence-corrected chi connectivity index (χ2v) is 12.0. The lowest BCUT2D eigenvalue weighted by atomic mass is 9.78. The number of nitrogens with zero attached hydrogens (tertiary/aromatic N) is 2. The van der Waals surface area contributed by atoms with E-state index in [0.717, 1.165) is 30.4 Å². The molecule has 0 saturated carbocycles. The Kier molecular flexibility index (Phi) is 6.42. The van der Waals surface area contributed by atoms with Gasteiger partial charge in [0.15, 0.2) is 0 Å². The van der Waals surface area contributed by atoms with Crippen molar-refractivity contribution in [3.63, 3.8) is 0 Å². The SMILES string of the molecule is Cc1ccc(C(=O)NCC(=O)N2CCC3(CCN(S(=O)(=O)c4cccs4)CC3)C2)cc1C. The smallest absolute Gasteiger partial charge is 0.252 e. The number of benzene rings is 1. The van der Waals surface area contributed by atoms with E-state index in [2.05, 4.69) is 5.32 Å². The molecule has 0 aliphatic carbocycles. The monoisotopic (exact) mass is 475 g/mol. The van der Waals surface area contributed by atoms with Crippen LogP contribution in [-0.4, -0.2) is 62.2 Å². The summed E-state index contributed by atoms with van der Waals surface area (Å²) in [4.78, 5) is 26.9. The van der Waals surface area contributed by atoms with Crippen LogP contribution in [-0.2, 0) is 14.8 Å². The maximum absolute atomic E-state index is 12.8. The molecule has 32 heavy (non-hydrogen) atoms. The highest BCUT2D eigenvalue weighted by Crippen LogP contribution is 2.41. The molecule has 1 aromatic heterocycles. The number of hydrogen-bond acceptors (Lipinski definition) is 5. The van der Waals surface area contributed by atoms with E-state index in [1.54, 1.807) is 27.9 Å². The Labute approximate surface area is 193 Å². The molecule has 0 unspecified atom stereocenters. The van der Waals surface area contributed by atoms with E-state index < -0.39 is 10.0 Å². The van der Waals surface area contributed by atoms with Crippen molar-refractivity contribution < 1.29 is 18.0 Å². The van der Waals surface area contributed by atoms with E-state index in [1.165, 1.54) is 11.3 Å². The largest absolute Gasteiger partial charge is 0.343 e. The number of likely N-dealkylation sites (tertiary alicyclic amines) is 1. The number of sulfonamides is 1. The van der Waals surface area contributed by atoms with Crippen molar-refractivity contribution >= 4 is 33.2 Å². The molecule has 1 aromatic carbocycles. The zero-order chi connectivity index (χ0) is 22.9. The van der Waals surface area contributed by atoms with Crippen molar-refractivity contribution in [3.05, 3.63) is 52.4 Å². The molecule has 2 aliphatic heterocycles. The Morgan fingerprint density at radius 3 is 2.44 bits per heavy atom. The number of thiophene rings is 1. The summed E-state index contributed by atoms with van der Waals surface area (Å²) in [5, 5.41) is 4.52. The maximum atomic E-state index is 12.8. The fraction of sp³-hybridized carbons (Fsp3) is 0.478. The number of carbonyl (C=O) groups excluding carboxylic acids is 2. The van der Waals surface area contributed by atoms with Gasteiger partial charge < -0.3 is 10.2 Å². The second kappa shape index (κ2) is 8.96. The van der Waals surface area contributed by atoms with Gasteiger partial charge in [-0.1, -0.05) is 12.1 Å². The van der Waals surface area contributed by atoms with E-state index in [9.17, 15) is 18.0 Å². The molecule has 2 aromatic rings. The van der Waals surface area contributed by atoms with Crippen LogP contribution < -0.4 is 5.32 Å². The molecule has 1 spiro atoms. The second-order valence-electron chi connectivity index (χ2n) is 8.88. The third kappa shape index (κ3) is 4.60. The van der Waals surface area contributed by atoms with Gasteiger partial charge in [-0.05, 0) is 73.2 Å². The lowest BCUT2D eigenvalue weighted by molar-refractivity contribution is -0.129. The molecular formula is C23H29N3O4S2. The average Bonchev–Trinajstić information content (AvgIpc) is 3.45. The molecule has 172 valence electrons. The minimum Gasteiger partial charge on any atom is -0.343 e. The number of piperidine rings is 1. The Morgan fingerprint density at radius 1 is 1.06 bits per heavy atom. The van der Waals surface area contributed by atoms with E-state index in [4.69, 9.17) is 0 Å². The Hall–Kier alpha value is -2.23. The lowest BCUT2D eigenvalue weighted by Gasteiger charge is -2.38. The Morgan fingerprint density at radius 2 is 1.78 bits per heavy atom. The molecule has 0 bridgehead atoms. The van der Waals surface area contributed by atoms with Gasteiger partial charge >= 0.3 is 0 Å². The zero-order valence-corrected chi connectivity index (χ0v) is 20.1. The number of nitrogens with one attached hydrogen (secondary N) is 1. The summed E-state index contributed by atoms with van der Waals surface area (Å²) < 4.78 is 27.5. The molecule has 3 heterocycles. The fourth-order valence-electron chi connectivity index (χ4n) is 4.55. The highest BCUT2D eigenvalue weighted by Gasteiger charge is 2.44. The van der Waals surface area contributed by atoms with Gasteiger partial charge in [-0.2, -0.15) is 4.31 Å². The van der Waals surface area contributed by atoms with Gasteiger partial charge in [0.25, 0.3) is 15.9 Å². The van der Waals surface area contributed by atoms with Crippen molar-refractivity contribution in [2.45, 2.75) is 37.3 Å². The summed E-state index contributed by atoms with van der Waals surface area (Å²) in [5.41, 5.74) is 2.68. The number of carbonyl (C=O) groups is 2. The van der Waals surface area contributed by atoms with Gasteiger partial charge in [-0.25, -0.2) is 8.42 Å². The Bertz CT molecular complexity index is 1100. The van der Waals surface area contributed by atoms with Crippen LogP contribution >= 0.6 is 11.3 Å². The Balaban J connectivity index is 1.29. The third-order valence-corrected chi connectivity index (χ3v) is 10.1. The number of amides is 2. The molecule has 2 fully saturated rings. The molecule has 2 aliphatic rings. The molecule has 7 nitrogen and oxygen atoms in total. The summed E-state index contributed by atoms with van der Waals surface area (Å²) in [6.07, 6.45) is 2.36. The van der Waals surface area contributed by atoms with Gasteiger partial charge in [0.05, 0.1) is 6.54 Å². The number of rotatable bonds is 5. The lowest BCUT2D eigenvalue weighted by Crippen LogP contribution is -2.45. The van der Waals surface area contributed by atoms with Gasteiger partial charge in [0.2, 0.25) is 5.91 Å². The van der Waals surface area contributed by atoms with Crippen molar-refractivity contribution in [3.8, 4) is 0 Å². The van der Waals surface area contributed by atoms with Gasteiger partial charge in [-0.15, -0.1) is 11.3 Å². The number of hydrogen-bond donors (Lipinski definition) is 1. The van der Waals surface area contributed by atoms with Gasteiger partial charge in [-0.3, -0.25) is 9.59 Å². The molecule has 4 rings (SSSR count). The van der Waals surface area contributed by atoms with E-state index in [1.807, 2.05) is 30.9 Å². The van der Waals surface area contributed by atoms with E-state index >= 15 is 0 Å². The van der Waals surface area contributed by atoms with Gasteiger partial charge in [0, 0.05) is 31.7 Å². The van der Waals surface area contributed by atoms with Crippen molar-refractivity contribution in [2.24, 2.45) is 5.41 Å². The molecule has 1 N–H and O–H groups in total. The normalized spacial score (nSPS) is 18.8. The van der Waals surface area contributed by atoms with Crippen LogP contribution in [0.5, 0.6) is 0 Å². The predicted molar refractivity (Wildman–Crippen MR) is 124 cm³/mol. The van der Waals surface area contributed by atoms with Crippen LogP contribution in [0.3, 0.4) is 0 Å². The van der Waals surface area contributed by atoms with Crippen LogP contribution in [0.1, 0.15) is 40.7 Å². The van der Waals surface area contributed by atoms with Crippen LogP contribution in [0.2, 0.25) is 0 Å². The minimum absolute atomic E-state index is 0.0271. The molecule has 9 heteroatoms. The van der Waals surface area contributed by atoms with Crippen LogP contribution in [0.4, 0.5) is 0 Å². The molecular weight excluding hydrogens is 446 g/mol. The first-order chi connectivity index (χ1) is 15.2. The van der Waals surface area contributed by atoms with Crippen molar-refractivity contribution in [1.29, 1.82) is 0 Å². The standard InChI is InChI=1S/C23H29N3O4S2/c1-17-5-6-19(14-18(17)2)22(28)24-15-20(27)25-10-7-23(16-25)8-11-26(12-9-23)32(29,30)21-4-3-13-31-21/h3-6,13-14H,7-12,15-16H2,1-2H3,(H,24,28). The van der Waals surface area contributed by atoms with Gasteiger partial charge in [0.1, 0.15) is 4.21 Å².